The van der Waals surface area contributed by atoms with E-state index in [1.54, 1.807) is 6.92 Å². The average Bonchev–Trinajstić information content (AvgIpc) is 2.21. The quantitative estimate of drug-likeness (QED) is 0.270. The van der Waals surface area contributed by atoms with Crippen LogP contribution in [0.4, 0.5) is 0 Å². The third kappa shape index (κ3) is 5.21. The molecule has 7 nitrogen and oxygen atoms in total. The Labute approximate surface area is 88.0 Å². The molecule has 1 atom stereocenters. The second-order valence-electron chi connectivity index (χ2n) is 3.26. The minimum atomic E-state index is -1.04. The molecule has 0 rings (SSSR count). The van der Waals surface area contributed by atoms with Crippen molar-refractivity contribution in [3.8, 4) is 0 Å². The summed E-state index contributed by atoms with van der Waals surface area (Å²) in [4.78, 5) is 13.5. The second-order valence-corrected chi connectivity index (χ2v) is 3.26. The number of ether oxygens (including phenoxy) is 1. The molecule has 0 aliphatic carbocycles. The maximum Gasteiger partial charge on any atom is 0.323 e. The summed E-state index contributed by atoms with van der Waals surface area (Å²) >= 11 is 0. The van der Waals surface area contributed by atoms with Gasteiger partial charge in [0, 0.05) is 31.7 Å². The molecule has 0 heterocycles. The van der Waals surface area contributed by atoms with Crippen molar-refractivity contribution in [2.24, 2.45) is 5.11 Å². The highest BCUT2D eigenvalue weighted by atomic mass is 16.5. The Hall–Kier alpha value is -1.30. The van der Waals surface area contributed by atoms with E-state index in [1.807, 2.05) is 0 Å². The maximum absolute atomic E-state index is 11.0. The van der Waals surface area contributed by atoms with Crippen LogP contribution in [0.3, 0.4) is 0 Å². The minimum absolute atomic E-state index is 0.229. The van der Waals surface area contributed by atoms with E-state index in [9.17, 15) is 4.79 Å². The number of methoxy groups -OCH3 is 1. The first kappa shape index (κ1) is 13.7. The third-order valence-electron chi connectivity index (χ3n) is 2.07. The van der Waals surface area contributed by atoms with Crippen molar-refractivity contribution in [2.75, 3.05) is 26.8 Å². The lowest BCUT2D eigenvalue weighted by Gasteiger charge is -2.25. The molecule has 0 saturated heterocycles. The van der Waals surface area contributed by atoms with E-state index in [2.05, 4.69) is 15.3 Å². The van der Waals surface area contributed by atoms with Crippen LogP contribution in [0.2, 0.25) is 0 Å². The summed E-state index contributed by atoms with van der Waals surface area (Å²) in [7, 11) is 1.52. The SMILES string of the molecule is COCCC(C)(NCCN=[N+]=[N-])C(=O)O. The highest BCUT2D eigenvalue weighted by Gasteiger charge is 2.31. The first-order chi connectivity index (χ1) is 7.06. The summed E-state index contributed by atoms with van der Waals surface area (Å²) in [6.07, 6.45) is 0.356. The van der Waals surface area contributed by atoms with Crippen LogP contribution < -0.4 is 5.32 Å². The molecule has 0 aliphatic heterocycles. The number of hydrogen-bond donors (Lipinski definition) is 2. The number of carboxylic acids is 1. The van der Waals surface area contributed by atoms with Crippen LogP contribution in [-0.2, 0) is 9.53 Å². The van der Waals surface area contributed by atoms with Gasteiger partial charge in [-0.3, -0.25) is 4.79 Å². The monoisotopic (exact) mass is 216 g/mol. The van der Waals surface area contributed by atoms with Crippen LogP contribution >= 0.6 is 0 Å². The van der Waals surface area contributed by atoms with E-state index in [0.29, 0.717) is 19.6 Å². The highest BCUT2D eigenvalue weighted by Crippen LogP contribution is 2.09. The molecule has 0 aliphatic rings. The van der Waals surface area contributed by atoms with E-state index >= 15 is 0 Å². The van der Waals surface area contributed by atoms with Crippen molar-refractivity contribution in [3.63, 3.8) is 0 Å². The first-order valence-electron chi connectivity index (χ1n) is 4.55. The van der Waals surface area contributed by atoms with Gasteiger partial charge in [-0.1, -0.05) is 5.11 Å². The first-order valence-corrected chi connectivity index (χ1v) is 4.55. The Morgan fingerprint density at radius 1 is 1.73 bits per heavy atom. The van der Waals surface area contributed by atoms with Crippen molar-refractivity contribution in [1.82, 2.24) is 5.32 Å². The van der Waals surface area contributed by atoms with Crippen molar-refractivity contribution in [2.45, 2.75) is 18.9 Å². The Bertz CT molecular complexity index is 252. The lowest BCUT2D eigenvalue weighted by atomic mass is 9.98. The van der Waals surface area contributed by atoms with Crippen LogP contribution in [0.15, 0.2) is 5.11 Å². The number of hydrogen-bond acceptors (Lipinski definition) is 4. The summed E-state index contributed by atoms with van der Waals surface area (Å²) in [6.45, 7) is 2.49. The van der Waals surface area contributed by atoms with Gasteiger partial charge in [0.05, 0.1) is 0 Å². The van der Waals surface area contributed by atoms with Crippen molar-refractivity contribution in [3.05, 3.63) is 10.4 Å². The van der Waals surface area contributed by atoms with Gasteiger partial charge in [0.15, 0.2) is 0 Å². The van der Waals surface area contributed by atoms with Gasteiger partial charge in [0.25, 0.3) is 0 Å². The van der Waals surface area contributed by atoms with Gasteiger partial charge < -0.3 is 15.2 Å². The predicted octanol–water partition coefficient (Wildman–Crippen LogP) is 0.766. The van der Waals surface area contributed by atoms with Gasteiger partial charge in [0.2, 0.25) is 0 Å². The Morgan fingerprint density at radius 2 is 2.40 bits per heavy atom. The molecule has 2 N–H and O–H groups in total. The number of carboxylic acid groups (broad SMARTS) is 1. The molecule has 1 unspecified atom stereocenters. The molecule has 0 fully saturated rings. The number of azide groups is 1. The van der Waals surface area contributed by atoms with Crippen LogP contribution in [0.25, 0.3) is 10.4 Å². The molecule has 0 aromatic heterocycles. The van der Waals surface area contributed by atoms with Crippen molar-refractivity contribution in [1.29, 1.82) is 0 Å². The van der Waals surface area contributed by atoms with E-state index in [1.165, 1.54) is 7.11 Å². The largest absolute Gasteiger partial charge is 0.480 e. The normalized spacial score (nSPS) is 14.0. The number of carbonyl (C=O) groups is 1. The molecule has 0 spiro atoms. The van der Waals surface area contributed by atoms with Gasteiger partial charge in [-0.2, -0.15) is 0 Å². The number of rotatable bonds is 8. The molecule has 0 bridgehead atoms. The topological polar surface area (TPSA) is 107 Å². The van der Waals surface area contributed by atoms with Crippen LogP contribution in [-0.4, -0.2) is 43.4 Å². The molecular formula is C8H16N4O3. The summed E-state index contributed by atoms with van der Waals surface area (Å²) < 4.78 is 4.83. The summed E-state index contributed by atoms with van der Waals surface area (Å²) in [5.74, 6) is -0.944. The molecule has 0 aromatic rings. The number of aliphatic carboxylic acids is 1. The molecule has 0 saturated carbocycles. The Kier molecular flexibility index (Phi) is 6.44. The fourth-order valence-corrected chi connectivity index (χ4v) is 1.00. The van der Waals surface area contributed by atoms with E-state index in [4.69, 9.17) is 15.4 Å². The fourth-order valence-electron chi connectivity index (χ4n) is 1.00. The summed E-state index contributed by atoms with van der Waals surface area (Å²) in [6, 6.07) is 0. The lowest BCUT2D eigenvalue weighted by Crippen LogP contribution is -2.51. The van der Waals surface area contributed by atoms with Crippen molar-refractivity contribution >= 4 is 5.97 Å². The van der Waals surface area contributed by atoms with E-state index in [-0.39, 0.29) is 6.54 Å². The third-order valence-corrected chi connectivity index (χ3v) is 2.07. The van der Waals surface area contributed by atoms with Gasteiger partial charge in [-0.15, -0.1) is 0 Å². The number of nitrogens with one attached hydrogen (secondary N) is 1. The zero-order valence-electron chi connectivity index (χ0n) is 8.93. The Balaban J connectivity index is 4.12. The Morgan fingerprint density at radius 3 is 2.87 bits per heavy atom. The molecule has 15 heavy (non-hydrogen) atoms. The van der Waals surface area contributed by atoms with E-state index in [0.717, 1.165) is 0 Å². The summed E-state index contributed by atoms with van der Waals surface area (Å²) in [5, 5.41) is 15.1. The minimum Gasteiger partial charge on any atom is -0.480 e. The lowest BCUT2D eigenvalue weighted by molar-refractivity contribution is -0.144. The van der Waals surface area contributed by atoms with Gasteiger partial charge >= 0.3 is 5.97 Å². The molecule has 7 heteroatoms. The molecule has 0 amide bonds. The summed E-state index contributed by atoms with van der Waals surface area (Å²) in [5.41, 5.74) is 7.00. The fraction of sp³-hybridized carbons (Fsp3) is 0.875. The standard InChI is InChI=1S/C8H16N4O3/c1-8(7(13)14,3-6-15-2)10-4-5-11-12-9/h10H,3-6H2,1-2H3,(H,13,14). The van der Waals surface area contributed by atoms with Gasteiger partial charge in [-0.05, 0) is 18.9 Å². The highest BCUT2D eigenvalue weighted by molar-refractivity contribution is 5.78. The van der Waals surface area contributed by atoms with E-state index < -0.39 is 11.5 Å². The maximum atomic E-state index is 11.0. The molecule has 0 aromatic carbocycles. The van der Waals surface area contributed by atoms with Crippen LogP contribution in [0.1, 0.15) is 13.3 Å². The van der Waals surface area contributed by atoms with Gasteiger partial charge in [-0.25, -0.2) is 0 Å². The molecule has 86 valence electrons. The van der Waals surface area contributed by atoms with Crippen LogP contribution in [0.5, 0.6) is 0 Å². The second kappa shape index (κ2) is 7.05. The van der Waals surface area contributed by atoms with Crippen molar-refractivity contribution < 1.29 is 14.6 Å². The molecular weight excluding hydrogens is 200 g/mol. The van der Waals surface area contributed by atoms with Crippen LogP contribution in [0, 0.1) is 0 Å². The smallest absolute Gasteiger partial charge is 0.323 e. The zero-order chi connectivity index (χ0) is 11.7. The van der Waals surface area contributed by atoms with Gasteiger partial charge in [0.1, 0.15) is 5.54 Å². The zero-order valence-corrected chi connectivity index (χ0v) is 8.93. The average molecular weight is 216 g/mol. The predicted molar refractivity (Wildman–Crippen MR) is 54.5 cm³/mol. The number of nitrogens with zero attached hydrogens (tertiary/aromatic N) is 3. The molecule has 0 radical (unpaired) electrons.